The molecule has 1 aliphatic rings. The molecule has 3 heterocycles. The topological polar surface area (TPSA) is 53.3 Å². The molecule has 30 heavy (non-hydrogen) atoms. The summed E-state index contributed by atoms with van der Waals surface area (Å²) >= 11 is 12.0. The van der Waals surface area contributed by atoms with Crippen LogP contribution in [0.1, 0.15) is 54.6 Å². The van der Waals surface area contributed by atoms with Crippen LogP contribution in [0.4, 0.5) is 5.69 Å². The maximum Gasteiger partial charge on any atom is 0.174 e. The minimum Gasteiger partial charge on any atom is -0.506 e. The zero-order valence-corrected chi connectivity index (χ0v) is 19.0. The quantitative estimate of drug-likeness (QED) is 0.516. The van der Waals surface area contributed by atoms with Crippen molar-refractivity contribution in [2.75, 3.05) is 4.90 Å². The van der Waals surface area contributed by atoms with Crippen LogP contribution in [0.2, 0.25) is 5.02 Å². The van der Waals surface area contributed by atoms with E-state index in [2.05, 4.69) is 48.6 Å². The number of aromatic hydroxyl groups is 1. The fourth-order valence-electron chi connectivity index (χ4n) is 4.52. The standard InChI is InChI=1S/C23H25ClN4OS/c1-13(2)27-14(3)11-17(15(27)4)22-21(18-7-5-6-10-25-18)26-23(30)28(22)19-12-16(24)8-9-20(19)29/h5-13,21-22,29H,1-4H3,(H,26,30)/t21-,22-/m1/s1. The monoisotopic (exact) mass is 440 g/mol. The van der Waals surface area contributed by atoms with Crippen molar-refractivity contribution in [3.8, 4) is 5.75 Å². The third-order valence-electron chi connectivity index (χ3n) is 5.65. The SMILES string of the molecule is Cc1cc([C@@H]2[C@@H](c3ccccn3)NC(=S)N2c2cc(Cl)ccc2O)c(C)n1C(C)C. The Morgan fingerprint density at radius 1 is 1.17 bits per heavy atom. The molecule has 0 saturated carbocycles. The van der Waals surface area contributed by atoms with Crippen molar-refractivity contribution in [3.05, 3.63) is 76.3 Å². The van der Waals surface area contributed by atoms with Gasteiger partial charge in [-0.1, -0.05) is 17.7 Å². The van der Waals surface area contributed by atoms with Crippen molar-refractivity contribution >= 4 is 34.6 Å². The lowest BCUT2D eigenvalue weighted by molar-refractivity contribution is 0.472. The van der Waals surface area contributed by atoms with Gasteiger partial charge >= 0.3 is 0 Å². The molecule has 0 spiro atoms. The van der Waals surface area contributed by atoms with Crippen LogP contribution in [0.25, 0.3) is 0 Å². The molecule has 1 aromatic carbocycles. The molecule has 5 nitrogen and oxygen atoms in total. The molecule has 7 heteroatoms. The van der Waals surface area contributed by atoms with Gasteiger partial charge in [0.1, 0.15) is 5.75 Å². The molecule has 1 aliphatic heterocycles. The maximum absolute atomic E-state index is 10.6. The van der Waals surface area contributed by atoms with Crippen molar-refractivity contribution in [1.29, 1.82) is 0 Å². The van der Waals surface area contributed by atoms with Crippen LogP contribution in [0, 0.1) is 13.8 Å². The third-order valence-corrected chi connectivity index (χ3v) is 6.20. The Kier molecular flexibility index (Phi) is 5.47. The number of nitrogens with zero attached hydrogens (tertiary/aromatic N) is 3. The number of nitrogens with one attached hydrogen (secondary N) is 1. The molecule has 0 aliphatic carbocycles. The molecule has 2 atom stereocenters. The highest BCUT2D eigenvalue weighted by molar-refractivity contribution is 7.80. The Hall–Kier alpha value is -2.57. The predicted octanol–water partition coefficient (Wildman–Crippen LogP) is 5.62. The molecular formula is C23H25ClN4OS. The van der Waals surface area contributed by atoms with E-state index in [0.29, 0.717) is 21.9 Å². The van der Waals surface area contributed by atoms with Crippen LogP contribution in [0.5, 0.6) is 5.75 Å². The minimum absolute atomic E-state index is 0.132. The summed E-state index contributed by atoms with van der Waals surface area (Å²) in [6, 6.07) is 13.1. The van der Waals surface area contributed by atoms with Crippen molar-refractivity contribution in [2.24, 2.45) is 0 Å². The molecule has 4 rings (SSSR count). The summed E-state index contributed by atoms with van der Waals surface area (Å²) in [5.41, 5.74) is 4.97. The zero-order valence-electron chi connectivity index (χ0n) is 17.4. The Bertz CT molecular complexity index is 1100. The van der Waals surface area contributed by atoms with E-state index in [4.69, 9.17) is 23.8 Å². The van der Waals surface area contributed by atoms with E-state index in [9.17, 15) is 5.11 Å². The number of thiocarbonyl (C=S) groups is 1. The number of phenolic OH excluding ortho intramolecular Hbond substituents is 1. The summed E-state index contributed by atoms with van der Waals surface area (Å²) in [5, 5.41) is 15.1. The number of benzene rings is 1. The summed E-state index contributed by atoms with van der Waals surface area (Å²) in [6.45, 7) is 8.61. The van der Waals surface area contributed by atoms with E-state index in [0.717, 1.165) is 11.3 Å². The van der Waals surface area contributed by atoms with Crippen molar-refractivity contribution < 1.29 is 5.11 Å². The van der Waals surface area contributed by atoms with E-state index >= 15 is 0 Å². The van der Waals surface area contributed by atoms with E-state index in [1.165, 1.54) is 11.4 Å². The highest BCUT2D eigenvalue weighted by atomic mass is 35.5. The molecule has 0 amide bonds. The second-order valence-corrected chi connectivity index (χ2v) is 8.74. The third kappa shape index (κ3) is 3.44. The Morgan fingerprint density at radius 2 is 1.93 bits per heavy atom. The molecule has 0 radical (unpaired) electrons. The van der Waals surface area contributed by atoms with Gasteiger partial charge in [0.25, 0.3) is 0 Å². The van der Waals surface area contributed by atoms with Crippen LogP contribution >= 0.6 is 23.8 Å². The fourth-order valence-corrected chi connectivity index (χ4v) is 5.02. The predicted molar refractivity (Wildman–Crippen MR) is 125 cm³/mol. The van der Waals surface area contributed by atoms with E-state index in [1.807, 2.05) is 23.1 Å². The van der Waals surface area contributed by atoms with Gasteiger partial charge in [0.05, 0.1) is 23.5 Å². The molecule has 2 N–H and O–H groups in total. The van der Waals surface area contributed by atoms with E-state index < -0.39 is 0 Å². The van der Waals surface area contributed by atoms with Gasteiger partial charge in [0.15, 0.2) is 5.11 Å². The van der Waals surface area contributed by atoms with Crippen LogP contribution in [-0.4, -0.2) is 19.8 Å². The fraction of sp³-hybridized carbons (Fsp3) is 0.304. The molecule has 2 aromatic heterocycles. The second-order valence-electron chi connectivity index (χ2n) is 7.92. The van der Waals surface area contributed by atoms with Crippen LogP contribution in [-0.2, 0) is 0 Å². The average Bonchev–Trinajstić information content (AvgIpc) is 3.20. The Morgan fingerprint density at radius 3 is 2.57 bits per heavy atom. The van der Waals surface area contributed by atoms with Crippen molar-refractivity contribution in [2.45, 2.75) is 45.8 Å². The van der Waals surface area contributed by atoms with E-state index in [-0.39, 0.29) is 17.8 Å². The smallest absolute Gasteiger partial charge is 0.174 e. The number of rotatable bonds is 4. The van der Waals surface area contributed by atoms with Crippen LogP contribution in [0.15, 0.2) is 48.7 Å². The van der Waals surface area contributed by atoms with Crippen molar-refractivity contribution in [1.82, 2.24) is 14.9 Å². The first-order valence-electron chi connectivity index (χ1n) is 9.97. The molecular weight excluding hydrogens is 416 g/mol. The first-order valence-corrected chi connectivity index (χ1v) is 10.8. The average molecular weight is 441 g/mol. The lowest BCUT2D eigenvalue weighted by atomic mass is 9.96. The number of anilines is 1. The van der Waals surface area contributed by atoms with E-state index in [1.54, 1.807) is 24.4 Å². The molecule has 3 aromatic rings. The zero-order chi connectivity index (χ0) is 21.6. The lowest BCUT2D eigenvalue weighted by Gasteiger charge is -2.29. The molecule has 0 unspecified atom stereocenters. The summed E-state index contributed by atoms with van der Waals surface area (Å²) in [7, 11) is 0. The number of hydrogen-bond acceptors (Lipinski definition) is 3. The summed E-state index contributed by atoms with van der Waals surface area (Å²) < 4.78 is 2.32. The van der Waals surface area contributed by atoms with Gasteiger partial charge in [0.2, 0.25) is 0 Å². The summed E-state index contributed by atoms with van der Waals surface area (Å²) in [6.07, 6.45) is 1.79. The van der Waals surface area contributed by atoms with Gasteiger partial charge in [0, 0.05) is 28.6 Å². The molecule has 1 fully saturated rings. The van der Waals surface area contributed by atoms with Gasteiger partial charge in [-0.15, -0.1) is 0 Å². The maximum atomic E-state index is 10.6. The van der Waals surface area contributed by atoms with Gasteiger partial charge < -0.3 is 19.9 Å². The minimum atomic E-state index is -0.185. The molecule has 1 saturated heterocycles. The number of pyridine rings is 1. The lowest BCUT2D eigenvalue weighted by Crippen LogP contribution is -2.29. The van der Waals surface area contributed by atoms with Gasteiger partial charge in [-0.25, -0.2) is 0 Å². The van der Waals surface area contributed by atoms with Crippen LogP contribution < -0.4 is 10.2 Å². The van der Waals surface area contributed by atoms with Gasteiger partial charge in [-0.3, -0.25) is 4.98 Å². The molecule has 0 bridgehead atoms. The molecule has 156 valence electrons. The van der Waals surface area contributed by atoms with Crippen LogP contribution in [0.3, 0.4) is 0 Å². The Labute approximate surface area is 187 Å². The van der Waals surface area contributed by atoms with Crippen molar-refractivity contribution in [3.63, 3.8) is 0 Å². The largest absolute Gasteiger partial charge is 0.506 e. The number of halogens is 1. The second kappa shape index (κ2) is 7.93. The summed E-state index contributed by atoms with van der Waals surface area (Å²) in [5.74, 6) is 0.132. The first kappa shape index (κ1) is 20.7. The normalized spacial score (nSPS) is 18.9. The number of aryl methyl sites for hydroxylation is 1. The number of phenols is 1. The summed E-state index contributed by atoms with van der Waals surface area (Å²) in [4.78, 5) is 6.55. The van der Waals surface area contributed by atoms with Gasteiger partial charge in [-0.05, 0) is 81.9 Å². The first-order chi connectivity index (χ1) is 14.3. The highest BCUT2D eigenvalue weighted by Gasteiger charge is 2.43. The Balaban J connectivity index is 1.93. The number of hydrogen-bond donors (Lipinski definition) is 2. The van der Waals surface area contributed by atoms with Gasteiger partial charge in [-0.2, -0.15) is 0 Å². The highest BCUT2D eigenvalue weighted by Crippen LogP contribution is 2.46. The number of aromatic nitrogens is 2.